The monoisotopic (exact) mass is 469 g/mol. The Hall–Kier alpha value is -4.93. The van der Waals surface area contributed by atoms with Gasteiger partial charge in [0.2, 0.25) is 0 Å². The Kier molecular flexibility index (Phi) is 5.71. The summed E-state index contributed by atoms with van der Waals surface area (Å²) in [7, 11) is 0. The van der Waals surface area contributed by atoms with Crippen molar-refractivity contribution in [1.29, 1.82) is 0 Å². The molecule has 2 aromatic carbocycles. The molecule has 0 radical (unpaired) electrons. The van der Waals surface area contributed by atoms with Gasteiger partial charge in [0.25, 0.3) is 11.5 Å². The van der Waals surface area contributed by atoms with E-state index in [1.165, 1.54) is 24.3 Å². The lowest BCUT2D eigenvalue weighted by Gasteiger charge is -2.15. The molecule has 0 aliphatic rings. The first-order chi connectivity index (χ1) is 17.0. The van der Waals surface area contributed by atoms with Crippen molar-refractivity contribution in [3.05, 3.63) is 88.9 Å². The van der Waals surface area contributed by atoms with Gasteiger partial charge in [-0.25, -0.2) is 24.4 Å². The van der Waals surface area contributed by atoms with Gasteiger partial charge >= 0.3 is 5.97 Å². The quantitative estimate of drug-likeness (QED) is 0.360. The van der Waals surface area contributed by atoms with Crippen LogP contribution in [-0.4, -0.2) is 47.7 Å². The predicted molar refractivity (Wildman–Crippen MR) is 127 cm³/mol. The molecule has 2 N–H and O–H groups in total. The Morgan fingerprint density at radius 2 is 1.77 bits per heavy atom. The van der Waals surface area contributed by atoms with E-state index < -0.39 is 18.0 Å². The Balaban J connectivity index is 1.41. The van der Waals surface area contributed by atoms with Crippen LogP contribution in [0.3, 0.4) is 0 Å². The zero-order valence-electron chi connectivity index (χ0n) is 18.5. The summed E-state index contributed by atoms with van der Waals surface area (Å²) in [5.41, 5.74) is 1.28. The van der Waals surface area contributed by atoms with Crippen LogP contribution in [0.1, 0.15) is 23.0 Å². The summed E-state index contributed by atoms with van der Waals surface area (Å²) in [6.45, 7) is 1.61. The van der Waals surface area contributed by atoms with Gasteiger partial charge in [-0.3, -0.25) is 9.59 Å². The number of esters is 1. The molecular weight excluding hydrogens is 450 g/mol. The lowest BCUT2D eigenvalue weighted by atomic mass is 10.1. The number of aromatic amines is 1. The summed E-state index contributed by atoms with van der Waals surface area (Å²) < 4.78 is 6.64. The standard InChI is InChI=1S/C24H19N7O4/c1-14(22(32)29-21-19-20(26-12-25-19)27-13-28-21)35-24(34)18-16-9-5-6-10-17(16)23(33)31(30-18)11-15-7-3-2-4-8-15/h2-10,12-14H,11H2,1H3,(H2,25,26,27,28,29,32). The van der Waals surface area contributed by atoms with E-state index in [4.69, 9.17) is 4.74 Å². The number of carbonyl (C=O) groups is 2. The van der Waals surface area contributed by atoms with E-state index in [9.17, 15) is 14.4 Å². The van der Waals surface area contributed by atoms with Crippen molar-refractivity contribution in [2.45, 2.75) is 19.6 Å². The fraction of sp³-hybridized carbons (Fsp3) is 0.125. The number of ether oxygens (including phenoxy) is 1. The Morgan fingerprint density at radius 1 is 1.03 bits per heavy atom. The molecule has 0 aliphatic heterocycles. The molecule has 0 spiro atoms. The number of nitrogens with one attached hydrogen (secondary N) is 2. The van der Waals surface area contributed by atoms with E-state index >= 15 is 0 Å². The van der Waals surface area contributed by atoms with Gasteiger partial charge in [0, 0.05) is 5.39 Å². The van der Waals surface area contributed by atoms with E-state index in [0.717, 1.165) is 5.56 Å². The summed E-state index contributed by atoms with van der Waals surface area (Å²) >= 11 is 0. The smallest absolute Gasteiger partial charge is 0.360 e. The lowest BCUT2D eigenvalue weighted by molar-refractivity contribution is -0.123. The van der Waals surface area contributed by atoms with E-state index in [1.807, 2.05) is 30.3 Å². The van der Waals surface area contributed by atoms with Crippen molar-refractivity contribution in [3.8, 4) is 0 Å². The number of benzene rings is 2. The van der Waals surface area contributed by atoms with Gasteiger partial charge in [-0.05, 0) is 18.6 Å². The minimum atomic E-state index is -1.18. The van der Waals surface area contributed by atoms with Gasteiger partial charge in [0.05, 0.1) is 18.3 Å². The molecule has 1 atom stereocenters. The first kappa shape index (κ1) is 21.9. The Labute approximate surface area is 197 Å². The van der Waals surface area contributed by atoms with E-state index in [-0.39, 0.29) is 23.6 Å². The summed E-state index contributed by atoms with van der Waals surface area (Å²) in [6.07, 6.45) is 1.52. The van der Waals surface area contributed by atoms with Gasteiger partial charge in [0.1, 0.15) is 11.8 Å². The maximum absolute atomic E-state index is 13.1. The van der Waals surface area contributed by atoms with Crippen molar-refractivity contribution in [2.24, 2.45) is 0 Å². The third kappa shape index (κ3) is 4.34. The van der Waals surface area contributed by atoms with E-state index in [2.05, 4.69) is 30.4 Å². The van der Waals surface area contributed by atoms with E-state index in [0.29, 0.717) is 21.9 Å². The topological polar surface area (TPSA) is 145 Å². The number of anilines is 1. The van der Waals surface area contributed by atoms with Crippen molar-refractivity contribution in [2.75, 3.05) is 5.32 Å². The van der Waals surface area contributed by atoms with Gasteiger partial charge in [0.15, 0.2) is 23.3 Å². The molecule has 1 unspecified atom stereocenters. The number of rotatable bonds is 6. The van der Waals surface area contributed by atoms with Crippen molar-refractivity contribution < 1.29 is 14.3 Å². The number of carbonyl (C=O) groups excluding carboxylic acids is 2. The number of hydrogen-bond donors (Lipinski definition) is 2. The molecule has 5 aromatic rings. The molecule has 5 rings (SSSR count). The molecule has 11 nitrogen and oxygen atoms in total. The van der Waals surface area contributed by atoms with Crippen LogP contribution in [0, 0.1) is 0 Å². The molecule has 0 saturated heterocycles. The molecule has 11 heteroatoms. The largest absolute Gasteiger partial charge is 0.448 e. The average Bonchev–Trinajstić information content (AvgIpc) is 3.36. The number of H-pyrrole nitrogens is 1. The fourth-order valence-corrected chi connectivity index (χ4v) is 3.60. The highest BCUT2D eigenvalue weighted by Crippen LogP contribution is 2.17. The SMILES string of the molecule is CC(OC(=O)c1nn(Cc2ccccc2)c(=O)c2ccccc12)C(=O)Nc1ncnc2nc[nH]c12. The fourth-order valence-electron chi connectivity index (χ4n) is 3.60. The Morgan fingerprint density at radius 3 is 2.57 bits per heavy atom. The molecule has 3 heterocycles. The van der Waals surface area contributed by atoms with Crippen LogP contribution in [0.5, 0.6) is 0 Å². The number of fused-ring (bicyclic) bond motifs is 2. The van der Waals surface area contributed by atoms with Crippen LogP contribution in [-0.2, 0) is 16.1 Å². The second-order valence-electron chi connectivity index (χ2n) is 7.70. The molecule has 35 heavy (non-hydrogen) atoms. The van der Waals surface area contributed by atoms with Gasteiger partial charge in [-0.1, -0.05) is 48.5 Å². The lowest BCUT2D eigenvalue weighted by Crippen LogP contribution is -2.32. The summed E-state index contributed by atoms with van der Waals surface area (Å²) in [5.74, 6) is -1.23. The number of imidazole rings is 1. The maximum Gasteiger partial charge on any atom is 0.360 e. The van der Waals surface area contributed by atoms with Crippen LogP contribution in [0.4, 0.5) is 5.82 Å². The second kappa shape index (κ2) is 9.14. The summed E-state index contributed by atoms with van der Waals surface area (Å²) in [4.78, 5) is 53.7. The number of amides is 1. The summed E-state index contributed by atoms with van der Waals surface area (Å²) in [6, 6.07) is 15.9. The highest BCUT2D eigenvalue weighted by molar-refractivity contribution is 6.04. The molecule has 0 saturated carbocycles. The van der Waals surface area contributed by atoms with Crippen molar-refractivity contribution in [3.63, 3.8) is 0 Å². The molecule has 1 amide bonds. The normalized spacial score (nSPS) is 11.9. The maximum atomic E-state index is 13.1. The van der Waals surface area contributed by atoms with Gasteiger partial charge in [-0.15, -0.1) is 0 Å². The van der Waals surface area contributed by atoms with Gasteiger partial charge < -0.3 is 15.0 Å². The first-order valence-electron chi connectivity index (χ1n) is 10.7. The number of aromatic nitrogens is 6. The van der Waals surface area contributed by atoms with Crippen molar-refractivity contribution in [1.82, 2.24) is 29.7 Å². The molecule has 0 fully saturated rings. The first-order valence-corrected chi connectivity index (χ1v) is 10.7. The van der Waals surface area contributed by atoms with Crippen LogP contribution in [0.2, 0.25) is 0 Å². The average molecular weight is 469 g/mol. The van der Waals surface area contributed by atoms with Crippen LogP contribution < -0.4 is 10.9 Å². The van der Waals surface area contributed by atoms with Crippen molar-refractivity contribution >= 4 is 39.6 Å². The highest BCUT2D eigenvalue weighted by Gasteiger charge is 2.24. The zero-order chi connectivity index (χ0) is 24.4. The van der Waals surface area contributed by atoms with Gasteiger partial charge in [-0.2, -0.15) is 5.10 Å². The predicted octanol–water partition coefficient (Wildman–Crippen LogP) is 2.30. The minimum Gasteiger partial charge on any atom is -0.448 e. The highest BCUT2D eigenvalue weighted by atomic mass is 16.5. The number of hydrogen-bond acceptors (Lipinski definition) is 8. The van der Waals surface area contributed by atoms with Crippen LogP contribution >= 0.6 is 0 Å². The van der Waals surface area contributed by atoms with Crippen LogP contribution in [0.15, 0.2) is 72.0 Å². The zero-order valence-corrected chi connectivity index (χ0v) is 18.5. The summed E-state index contributed by atoms with van der Waals surface area (Å²) in [5, 5.41) is 7.56. The molecular formula is C24H19N7O4. The number of nitrogens with zero attached hydrogens (tertiary/aromatic N) is 5. The third-order valence-electron chi connectivity index (χ3n) is 5.35. The minimum absolute atomic E-state index is 0.0613. The molecule has 0 bridgehead atoms. The molecule has 3 aromatic heterocycles. The van der Waals surface area contributed by atoms with Crippen LogP contribution in [0.25, 0.3) is 21.9 Å². The molecule has 0 aliphatic carbocycles. The molecule has 174 valence electrons. The van der Waals surface area contributed by atoms with E-state index in [1.54, 1.807) is 24.3 Å². The second-order valence-corrected chi connectivity index (χ2v) is 7.70. The third-order valence-corrected chi connectivity index (χ3v) is 5.35. The Bertz CT molecular complexity index is 1610.